The standard InChI is InChI=1S/C18H19N5O3/c1-19-7-8-22-12-15(10-20-22)16-5-6-17(24)23(21-16)11-13-3-2-4-14(9-13)18(25)26/h2-6,9-10,12,19H,7-8,11H2,1H3,(H,25,26). The number of carboxylic acid groups (broad SMARTS) is 1. The molecule has 0 aliphatic heterocycles. The second-order valence-corrected chi connectivity index (χ2v) is 5.82. The van der Waals surface area contributed by atoms with Gasteiger partial charge in [-0.25, -0.2) is 9.48 Å². The van der Waals surface area contributed by atoms with E-state index in [0.717, 1.165) is 18.7 Å². The lowest BCUT2D eigenvalue weighted by molar-refractivity contribution is 0.0696. The molecular weight excluding hydrogens is 334 g/mol. The van der Waals surface area contributed by atoms with E-state index in [0.29, 0.717) is 11.3 Å². The second-order valence-electron chi connectivity index (χ2n) is 5.82. The second kappa shape index (κ2) is 7.75. The van der Waals surface area contributed by atoms with Crippen molar-refractivity contribution < 1.29 is 9.90 Å². The molecule has 0 bridgehead atoms. The molecule has 0 fully saturated rings. The van der Waals surface area contributed by atoms with Crippen molar-refractivity contribution in [2.45, 2.75) is 13.1 Å². The van der Waals surface area contributed by atoms with E-state index < -0.39 is 5.97 Å². The number of aromatic nitrogens is 4. The third-order valence-electron chi connectivity index (χ3n) is 3.89. The first-order valence-corrected chi connectivity index (χ1v) is 8.14. The van der Waals surface area contributed by atoms with Gasteiger partial charge in [-0.2, -0.15) is 10.2 Å². The molecule has 0 aliphatic carbocycles. The maximum atomic E-state index is 12.1. The smallest absolute Gasteiger partial charge is 0.335 e. The van der Waals surface area contributed by atoms with E-state index in [-0.39, 0.29) is 17.7 Å². The average Bonchev–Trinajstić information content (AvgIpc) is 3.11. The Morgan fingerprint density at radius 1 is 1.27 bits per heavy atom. The van der Waals surface area contributed by atoms with Crippen LogP contribution < -0.4 is 10.9 Å². The number of rotatable bonds is 7. The SMILES string of the molecule is CNCCn1cc(-c2ccc(=O)n(Cc3cccc(C(=O)O)c3)n2)cn1. The van der Waals surface area contributed by atoms with E-state index in [2.05, 4.69) is 15.5 Å². The minimum absolute atomic E-state index is 0.178. The van der Waals surface area contributed by atoms with Crippen molar-refractivity contribution in [3.63, 3.8) is 0 Å². The number of carboxylic acids is 1. The Hall–Kier alpha value is -3.26. The molecular formula is C18H19N5O3. The monoisotopic (exact) mass is 353 g/mol. The van der Waals surface area contributed by atoms with Crippen molar-refractivity contribution in [3.05, 3.63) is 70.3 Å². The summed E-state index contributed by atoms with van der Waals surface area (Å²) in [6.07, 6.45) is 3.58. The molecule has 2 N–H and O–H groups in total. The minimum Gasteiger partial charge on any atom is -0.478 e. The number of nitrogens with one attached hydrogen (secondary N) is 1. The summed E-state index contributed by atoms with van der Waals surface area (Å²) in [7, 11) is 1.88. The topological polar surface area (TPSA) is 102 Å². The largest absolute Gasteiger partial charge is 0.478 e. The van der Waals surface area contributed by atoms with Crippen molar-refractivity contribution in [1.82, 2.24) is 24.9 Å². The number of likely N-dealkylation sites (N-methyl/N-ethyl adjacent to an activating group) is 1. The highest BCUT2D eigenvalue weighted by Crippen LogP contribution is 2.14. The van der Waals surface area contributed by atoms with Crippen LogP contribution in [0.4, 0.5) is 0 Å². The highest BCUT2D eigenvalue weighted by Gasteiger charge is 2.08. The summed E-state index contributed by atoms with van der Waals surface area (Å²) in [6, 6.07) is 9.58. The Labute approximate surface area is 149 Å². The predicted molar refractivity (Wildman–Crippen MR) is 96.1 cm³/mol. The number of hydrogen-bond donors (Lipinski definition) is 2. The van der Waals surface area contributed by atoms with Gasteiger partial charge in [-0.15, -0.1) is 0 Å². The lowest BCUT2D eigenvalue weighted by Crippen LogP contribution is -2.23. The molecule has 8 nitrogen and oxygen atoms in total. The van der Waals surface area contributed by atoms with Gasteiger partial charge in [0.05, 0.1) is 30.5 Å². The lowest BCUT2D eigenvalue weighted by atomic mass is 10.1. The Morgan fingerprint density at radius 2 is 2.12 bits per heavy atom. The molecule has 0 atom stereocenters. The molecule has 1 aromatic carbocycles. The minimum atomic E-state index is -1.00. The van der Waals surface area contributed by atoms with E-state index in [1.54, 1.807) is 35.1 Å². The summed E-state index contributed by atoms with van der Waals surface area (Å²) in [5.74, 6) is -1.00. The number of aromatic carboxylic acids is 1. The van der Waals surface area contributed by atoms with Gasteiger partial charge >= 0.3 is 5.97 Å². The summed E-state index contributed by atoms with van der Waals surface area (Å²) in [6.45, 7) is 1.73. The molecule has 2 heterocycles. The third kappa shape index (κ3) is 4.04. The van der Waals surface area contributed by atoms with Crippen molar-refractivity contribution in [1.29, 1.82) is 0 Å². The molecule has 8 heteroatoms. The molecule has 2 aromatic heterocycles. The molecule has 0 unspecified atom stereocenters. The van der Waals surface area contributed by atoms with E-state index in [4.69, 9.17) is 5.11 Å². The van der Waals surface area contributed by atoms with Crippen molar-refractivity contribution in [2.75, 3.05) is 13.6 Å². The Bertz CT molecular complexity index is 977. The average molecular weight is 353 g/mol. The van der Waals surface area contributed by atoms with Crippen LogP contribution in [0.5, 0.6) is 0 Å². The summed E-state index contributed by atoms with van der Waals surface area (Å²) in [4.78, 5) is 23.2. The number of carbonyl (C=O) groups is 1. The predicted octanol–water partition coefficient (Wildman–Crippen LogP) is 1.07. The molecule has 0 saturated carbocycles. The maximum absolute atomic E-state index is 12.1. The zero-order valence-corrected chi connectivity index (χ0v) is 14.3. The normalized spacial score (nSPS) is 10.8. The highest BCUT2D eigenvalue weighted by molar-refractivity contribution is 5.87. The molecule has 0 spiro atoms. The van der Waals surface area contributed by atoms with Gasteiger partial charge in [0.1, 0.15) is 0 Å². The lowest BCUT2D eigenvalue weighted by Gasteiger charge is -2.07. The summed E-state index contributed by atoms with van der Waals surface area (Å²) in [5, 5.41) is 20.8. The van der Waals surface area contributed by atoms with Crippen LogP contribution >= 0.6 is 0 Å². The van der Waals surface area contributed by atoms with Gasteiger partial charge in [0.2, 0.25) is 0 Å². The fourth-order valence-corrected chi connectivity index (χ4v) is 2.54. The Balaban J connectivity index is 1.86. The summed E-state index contributed by atoms with van der Waals surface area (Å²) >= 11 is 0. The number of hydrogen-bond acceptors (Lipinski definition) is 5. The van der Waals surface area contributed by atoms with Crippen LogP contribution in [0.1, 0.15) is 15.9 Å². The first-order chi connectivity index (χ1) is 12.6. The Morgan fingerprint density at radius 3 is 2.88 bits per heavy atom. The fraction of sp³-hybridized carbons (Fsp3) is 0.222. The quantitative estimate of drug-likeness (QED) is 0.659. The maximum Gasteiger partial charge on any atom is 0.335 e. The van der Waals surface area contributed by atoms with Crippen LogP contribution in [0.15, 0.2) is 53.6 Å². The molecule has 0 radical (unpaired) electrons. The summed E-state index contributed by atoms with van der Waals surface area (Å²) < 4.78 is 3.13. The first kappa shape index (κ1) is 17.6. The zero-order valence-electron chi connectivity index (χ0n) is 14.3. The van der Waals surface area contributed by atoms with Crippen LogP contribution in [0.2, 0.25) is 0 Å². The fourth-order valence-electron chi connectivity index (χ4n) is 2.54. The van der Waals surface area contributed by atoms with Crippen LogP contribution in [0.25, 0.3) is 11.3 Å². The van der Waals surface area contributed by atoms with Crippen molar-refractivity contribution >= 4 is 5.97 Å². The van der Waals surface area contributed by atoms with Gasteiger partial charge in [0.15, 0.2) is 0 Å². The summed E-state index contributed by atoms with van der Waals surface area (Å²) in [5.41, 5.74) is 2.07. The van der Waals surface area contributed by atoms with Crippen LogP contribution in [0, 0.1) is 0 Å². The molecule has 26 heavy (non-hydrogen) atoms. The number of benzene rings is 1. The molecule has 134 valence electrons. The molecule has 0 amide bonds. The van der Waals surface area contributed by atoms with E-state index in [1.807, 2.05) is 13.2 Å². The van der Waals surface area contributed by atoms with E-state index in [1.165, 1.54) is 16.8 Å². The van der Waals surface area contributed by atoms with Gasteiger partial charge in [-0.3, -0.25) is 9.48 Å². The van der Waals surface area contributed by atoms with Gasteiger partial charge < -0.3 is 10.4 Å². The number of nitrogens with zero attached hydrogens (tertiary/aromatic N) is 4. The van der Waals surface area contributed by atoms with Gasteiger partial charge in [0, 0.05) is 24.4 Å². The van der Waals surface area contributed by atoms with Gasteiger partial charge in [0.25, 0.3) is 5.56 Å². The molecule has 3 aromatic rings. The van der Waals surface area contributed by atoms with E-state index in [9.17, 15) is 9.59 Å². The van der Waals surface area contributed by atoms with Gasteiger partial charge in [-0.05, 0) is 30.8 Å². The first-order valence-electron chi connectivity index (χ1n) is 8.14. The Kier molecular flexibility index (Phi) is 5.23. The van der Waals surface area contributed by atoms with Gasteiger partial charge in [-0.1, -0.05) is 12.1 Å². The zero-order chi connectivity index (χ0) is 18.5. The van der Waals surface area contributed by atoms with E-state index >= 15 is 0 Å². The van der Waals surface area contributed by atoms with Crippen molar-refractivity contribution in [2.24, 2.45) is 0 Å². The molecule has 0 saturated heterocycles. The van der Waals surface area contributed by atoms with Crippen molar-refractivity contribution in [3.8, 4) is 11.3 Å². The molecule has 3 rings (SSSR count). The third-order valence-corrected chi connectivity index (χ3v) is 3.89. The van der Waals surface area contributed by atoms with Crippen LogP contribution in [-0.4, -0.2) is 44.2 Å². The van der Waals surface area contributed by atoms with Crippen LogP contribution in [-0.2, 0) is 13.1 Å². The molecule has 0 aliphatic rings. The highest BCUT2D eigenvalue weighted by atomic mass is 16.4. The van der Waals surface area contributed by atoms with Crippen LogP contribution in [0.3, 0.4) is 0 Å².